The molecule has 1 heterocycles. The first-order valence-electron chi connectivity index (χ1n) is 4.23. The molecule has 74 valence electrons. The first-order valence-corrected chi connectivity index (χ1v) is 5.31. The first kappa shape index (κ1) is 9.76. The Morgan fingerprint density at radius 3 is 3.14 bits per heavy atom. The summed E-state index contributed by atoms with van der Waals surface area (Å²) < 4.78 is 11.2. The van der Waals surface area contributed by atoms with Crippen molar-refractivity contribution < 1.29 is 14.3 Å². The lowest BCUT2D eigenvalue weighted by Gasteiger charge is -2.06. The molecule has 0 aromatic heterocycles. The van der Waals surface area contributed by atoms with Crippen molar-refractivity contribution in [2.75, 3.05) is 7.11 Å². The second kappa shape index (κ2) is 3.76. The third-order valence-electron chi connectivity index (χ3n) is 2.16. The Morgan fingerprint density at radius 2 is 2.43 bits per heavy atom. The highest BCUT2D eigenvalue weighted by Crippen LogP contribution is 2.30. The zero-order valence-electron chi connectivity index (χ0n) is 7.62. The van der Waals surface area contributed by atoms with E-state index >= 15 is 0 Å². The minimum Gasteiger partial charge on any atom is -0.478 e. The van der Waals surface area contributed by atoms with E-state index in [-0.39, 0.29) is 5.97 Å². The second-order valence-corrected chi connectivity index (χ2v) is 4.33. The van der Waals surface area contributed by atoms with Crippen LogP contribution in [0.4, 0.5) is 0 Å². The van der Waals surface area contributed by atoms with Gasteiger partial charge in [-0.3, -0.25) is 0 Å². The summed E-state index contributed by atoms with van der Waals surface area (Å²) in [6, 6.07) is 5.87. The molecule has 1 atom stereocenters. The van der Waals surface area contributed by atoms with E-state index in [9.17, 15) is 4.79 Å². The highest BCUT2D eigenvalue weighted by molar-refractivity contribution is 14.1. The molecule has 0 fully saturated rings. The highest BCUT2D eigenvalue weighted by atomic mass is 127. The molecule has 0 saturated carbocycles. The fraction of sp³-hybridized carbons (Fsp3) is 0.300. The number of hydrogen-bond acceptors (Lipinski definition) is 3. The van der Waals surface area contributed by atoms with E-state index in [0.717, 1.165) is 14.9 Å². The third kappa shape index (κ3) is 1.70. The van der Waals surface area contributed by atoms with Gasteiger partial charge in [0.2, 0.25) is 0 Å². The molecule has 0 spiro atoms. The largest absolute Gasteiger partial charge is 0.478 e. The smallest absolute Gasteiger partial charge is 0.347 e. The van der Waals surface area contributed by atoms with Crippen LogP contribution in [0.15, 0.2) is 18.2 Å². The van der Waals surface area contributed by atoms with Gasteiger partial charge in [-0.2, -0.15) is 0 Å². The van der Waals surface area contributed by atoms with E-state index < -0.39 is 6.10 Å². The van der Waals surface area contributed by atoms with E-state index in [2.05, 4.69) is 27.3 Å². The summed E-state index contributed by atoms with van der Waals surface area (Å²) in [6.07, 6.45) is 0.145. The van der Waals surface area contributed by atoms with Crippen LogP contribution in [0.5, 0.6) is 5.75 Å². The lowest BCUT2D eigenvalue weighted by molar-refractivity contribution is -0.147. The number of carbonyl (C=O) groups excluding carboxylic acids is 1. The maximum absolute atomic E-state index is 11.2. The summed E-state index contributed by atoms with van der Waals surface area (Å²) in [4.78, 5) is 11.2. The number of methoxy groups -OCH3 is 1. The van der Waals surface area contributed by atoms with E-state index in [1.54, 1.807) is 0 Å². The fourth-order valence-electron chi connectivity index (χ4n) is 1.48. The van der Waals surface area contributed by atoms with Crippen LogP contribution in [0.1, 0.15) is 5.56 Å². The van der Waals surface area contributed by atoms with Crippen molar-refractivity contribution in [3.05, 3.63) is 27.3 Å². The number of hydrogen-bond donors (Lipinski definition) is 0. The van der Waals surface area contributed by atoms with Crippen molar-refractivity contribution in [3.8, 4) is 5.75 Å². The van der Waals surface area contributed by atoms with Gasteiger partial charge in [-0.1, -0.05) is 0 Å². The predicted molar refractivity (Wildman–Crippen MR) is 59.3 cm³/mol. The summed E-state index contributed by atoms with van der Waals surface area (Å²) >= 11 is 2.24. The molecule has 0 amide bonds. The van der Waals surface area contributed by atoms with E-state index in [4.69, 9.17) is 4.74 Å². The van der Waals surface area contributed by atoms with Crippen LogP contribution in [-0.2, 0) is 16.0 Å². The Bertz CT molecular complexity index is 376. The molecule has 1 aromatic rings. The number of rotatable bonds is 1. The van der Waals surface area contributed by atoms with E-state index in [1.807, 2.05) is 18.2 Å². The number of carbonyl (C=O) groups is 1. The first-order chi connectivity index (χ1) is 6.70. The highest BCUT2D eigenvalue weighted by Gasteiger charge is 2.29. The molecule has 1 aromatic carbocycles. The molecule has 0 N–H and O–H groups in total. The van der Waals surface area contributed by atoms with Crippen molar-refractivity contribution in [2.45, 2.75) is 12.5 Å². The number of halogens is 1. The minimum atomic E-state index is -0.465. The van der Waals surface area contributed by atoms with Gasteiger partial charge < -0.3 is 9.47 Å². The second-order valence-electron chi connectivity index (χ2n) is 3.09. The maximum atomic E-state index is 11.2. The Kier molecular flexibility index (Phi) is 2.62. The molecular weight excluding hydrogens is 295 g/mol. The molecular formula is C10H9IO3. The zero-order chi connectivity index (χ0) is 10.1. The Morgan fingerprint density at radius 1 is 1.64 bits per heavy atom. The molecule has 2 rings (SSSR count). The fourth-order valence-corrected chi connectivity index (χ4v) is 2.04. The van der Waals surface area contributed by atoms with Crippen LogP contribution in [0, 0.1) is 3.57 Å². The maximum Gasteiger partial charge on any atom is 0.347 e. The van der Waals surface area contributed by atoms with Gasteiger partial charge >= 0.3 is 5.97 Å². The van der Waals surface area contributed by atoms with Gasteiger partial charge in [0.15, 0.2) is 6.10 Å². The SMILES string of the molecule is COC(=O)[C@H]1Cc2cc(I)ccc2O1. The summed E-state index contributed by atoms with van der Waals surface area (Å²) in [7, 11) is 1.37. The molecule has 0 aliphatic carbocycles. The minimum absolute atomic E-state index is 0.309. The zero-order valence-corrected chi connectivity index (χ0v) is 9.78. The normalized spacial score (nSPS) is 18.6. The van der Waals surface area contributed by atoms with Gasteiger partial charge in [0.25, 0.3) is 0 Å². The Hall–Kier alpha value is -0.780. The topological polar surface area (TPSA) is 35.5 Å². The number of ether oxygens (including phenoxy) is 2. The summed E-state index contributed by atoms with van der Waals surface area (Å²) in [6.45, 7) is 0. The van der Waals surface area contributed by atoms with Crippen LogP contribution in [0.2, 0.25) is 0 Å². The quantitative estimate of drug-likeness (QED) is 0.586. The number of fused-ring (bicyclic) bond motifs is 1. The summed E-state index contributed by atoms with van der Waals surface area (Å²) in [5, 5.41) is 0. The van der Waals surface area contributed by atoms with Gasteiger partial charge in [-0.25, -0.2) is 4.79 Å². The van der Waals surface area contributed by atoms with Crippen LogP contribution < -0.4 is 4.74 Å². The molecule has 0 saturated heterocycles. The van der Waals surface area contributed by atoms with Gasteiger partial charge in [-0.15, -0.1) is 0 Å². The number of benzene rings is 1. The Labute approximate surface area is 95.5 Å². The predicted octanol–water partition coefficient (Wildman–Crippen LogP) is 1.77. The lowest BCUT2D eigenvalue weighted by Crippen LogP contribution is -2.26. The van der Waals surface area contributed by atoms with E-state index in [1.165, 1.54) is 7.11 Å². The van der Waals surface area contributed by atoms with Gasteiger partial charge in [0, 0.05) is 9.99 Å². The van der Waals surface area contributed by atoms with Crippen LogP contribution >= 0.6 is 22.6 Å². The molecule has 1 aliphatic rings. The van der Waals surface area contributed by atoms with Crippen molar-refractivity contribution in [2.24, 2.45) is 0 Å². The van der Waals surface area contributed by atoms with Crippen LogP contribution in [0.3, 0.4) is 0 Å². The molecule has 3 nitrogen and oxygen atoms in total. The monoisotopic (exact) mass is 304 g/mol. The van der Waals surface area contributed by atoms with Crippen LogP contribution in [-0.4, -0.2) is 19.2 Å². The molecule has 14 heavy (non-hydrogen) atoms. The lowest BCUT2D eigenvalue weighted by atomic mass is 10.1. The molecule has 0 bridgehead atoms. The standard InChI is InChI=1S/C10H9IO3/c1-13-10(12)9-5-6-4-7(11)2-3-8(6)14-9/h2-4,9H,5H2,1H3/t9-/m1/s1. The molecule has 4 heteroatoms. The molecule has 1 aliphatic heterocycles. The average Bonchev–Trinajstić information content (AvgIpc) is 2.59. The third-order valence-corrected chi connectivity index (χ3v) is 2.83. The van der Waals surface area contributed by atoms with Crippen molar-refractivity contribution in [3.63, 3.8) is 0 Å². The van der Waals surface area contributed by atoms with E-state index in [0.29, 0.717) is 6.42 Å². The molecule has 0 unspecified atom stereocenters. The van der Waals surface area contributed by atoms with Gasteiger partial charge in [0.1, 0.15) is 5.75 Å². The van der Waals surface area contributed by atoms with Crippen LogP contribution in [0.25, 0.3) is 0 Å². The molecule has 0 radical (unpaired) electrons. The van der Waals surface area contributed by atoms with Crippen molar-refractivity contribution in [1.82, 2.24) is 0 Å². The van der Waals surface area contributed by atoms with Crippen molar-refractivity contribution in [1.29, 1.82) is 0 Å². The Balaban J connectivity index is 2.22. The van der Waals surface area contributed by atoms with Gasteiger partial charge in [-0.05, 0) is 46.4 Å². The summed E-state index contributed by atoms with van der Waals surface area (Å²) in [5.74, 6) is 0.483. The van der Waals surface area contributed by atoms with Crippen molar-refractivity contribution >= 4 is 28.6 Å². The average molecular weight is 304 g/mol. The van der Waals surface area contributed by atoms with Gasteiger partial charge in [0.05, 0.1) is 7.11 Å². The number of esters is 1. The summed E-state index contributed by atoms with van der Waals surface area (Å²) in [5.41, 5.74) is 1.08.